The van der Waals surface area contributed by atoms with E-state index in [1.807, 2.05) is 13.8 Å². The minimum atomic E-state index is -2.93. The van der Waals surface area contributed by atoms with Crippen LogP contribution in [0.4, 0.5) is 29.2 Å². The lowest BCUT2D eigenvalue weighted by atomic mass is 10.1. The molecule has 0 unspecified atom stereocenters. The second-order valence-electron chi connectivity index (χ2n) is 9.32. The van der Waals surface area contributed by atoms with Crippen molar-refractivity contribution in [2.75, 3.05) is 36.5 Å². The predicted molar refractivity (Wildman–Crippen MR) is 145 cm³/mol. The van der Waals surface area contributed by atoms with E-state index in [0.29, 0.717) is 34.4 Å². The van der Waals surface area contributed by atoms with Gasteiger partial charge in [-0.05, 0) is 12.8 Å². The lowest BCUT2D eigenvalue weighted by Crippen LogP contribution is -2.53. The van der Waals surface area contributed by atoms with E-state index in [2.05, 4.69) is 9.97 Å². The first-order valence-electron chi connectivity index (χ1n) is 12.7. The molecular formula is C26H33F4N6OS+. The van der Waals surface area contributed by atoms with Crippen molar-refractivity contribution >= 4 is 33.2 Å². The number of aryl methyl sites for hydroxylation is 1. The van der Waals surface area contributed by atoms with Gasteiger partial charge in [-0.1, -0.05) is 47.4 Å². The van der Waals surface area contributed by atoms with Gasteiger partial charge in [0.15, 0.2) is 0 Å². The largest absolute Gasteiger partial charge is 0.355 e. The molecule has 3 aromatic rings. The quantitative estimate of drug-likeness (QED) is 0.310. The van der Waals surface area contributed by atoms with Crippen LogP contribution in [0.15, 0.2) is 39.8 Å². The zero-order valence-corrected chi connectivity index (χ0v) is 22.8. The summed E-state index contributed by atoms with van der Waals surface area (Å²) in [6.07, 6.45) is 0.553. The second-order valence-corrected chi connectivity index (χ2v) is 11.3. The Morgan fingerprint density at radius 2 is 1.89 bits per heavy atom. The van der Waals surface area contributed by atoms with Gasteiger partial charge in [-0.15, -0.1) is 0 Å². The monoisotopic (exact) mass is 553 g/mol. The zero-order chi connectivity index (χ0) is 27.6. The maximum atomic E-state index is 16.2. The molecule has 0 radical (unpaired) electrons. The van der Waals surface area contributed by atoms with Crippen molar-refractivity contribution in [3.05, 3.63) is 57.9 Å². The number of anilines is 1. The molecular weight excluding hydrogens is 520 g/mol. The summed E-state index contributed by atoms with van der Waals surface area (Å²) in [6, 6.07) is 5.77. The summed E-state index contributed by atoms with van der Waals surface area (Å²) >= 11 is 0. The third-order valence-corrected chi connectivity index (χ3v) is 8.62. The van der Waals surface area contributed by atoms with Crippen molar-refractivity contribution in [3.8, 4) is 0 Å². The summed E-state index contributed by atoms with van der Waals surface area (Å²) in [6.45, 7) is 4.26. The summed E-state index contributed by atoms with van der Waals surface area (Å²) in [7, 11) is 2.98. The van der Waals surface area contributed by atoms with Gasteiger partial charge in [0.1, 0.15) is 36.7 Å². The highest BCUT2D eigenvalue weighted by Gasteiger charge is 2.40. The molecule has 206 valence electrons. The summed E-state index contributed by atoms with van der Waals surface area (Å²) in [5.74, 6) is 0.544. The molecule has 1 saturated heterocycles. The standard InChI is InChI=1S/C24H27F4N6OS.C2H6/c1-32(13-15-4-3-5-17(20(15)25)21(26)27)22-18-12-19(24(35)33(2)23(18)30-14-29-22)34(28)8-10-36(11-9-34)31-16-6-7-16;1-2/h3-5,12,14,16,21H,6-11,13H2,1-2H3;1-2H3/q+1;. The van der Waals surface area contributed by atoms with E-state index in [9.17, 15) is 18.0 Å². The molecule has 0 amide bonds. The van der Waals surface area contributed by atoms with Crippen LogP contribution in [-0.2, 0) is 24.3 Å². The molecule has 5 rings (SSSR count). The van der Waals surface area contributed by atoms with Gasteiger partial charge in [-0.3, -0.25) is 13.7 Å². The van der Waals surface area contributed by atoms with E-state index in [1.165, 1.54) is 36.1 Å². The Balaban J connectivity index is 0.00000164. The first-order chi connectivity index (χ1) is 18.2. The average molecular weight is 554 g/mol. The van der Waals surface area contributed by atoms with E-state index in [-0.39, 0.29) is 41.6 Å². The number of benzene rings is 1. The molecule has 12 heteroatoms. The van der Waals surface area contributed by atoms with Gasteiger partial charge in [0, 0.05) is 36.8 Å². The highest BCUT2D eigenvalue weighted by Crippen LogP contribution is 2.32. The maximum absolute atomic E-state index is 16.2. The van der Waals surface area contributed by atoms with Gasteiger partial charge >= 0.3 is 5.56 Å². The first kappa shape index (κ1) is 28.2. The Hall–Kier alpha value is -2.86. The predicted octanol–water partition coefficient (Wildman–Crippen LogP) is 5.24. The van der Waals surface area contributed by atoms with Crippen LogP contribution in [0.5, 0.6) is 0 Å². The number of pyridine rings is 1. The molecule has 1 aliphatic carbocycles. The van der Waals surface area contributed by atoms with Crippen LogP contribution in [0.25, 0.3) is 11.0 Å². The molecule has 2 fully saturated rings. The fourth-order valence-electron chi connectivity index (χ4n) is 4.50. The molecule has 0 bridgehead atoms. The summed E-state index contributed by atoms with van der Waals surface area (Å²) in [5, 5.41) is 0.421. The fraction of sp³-hybridized carbons (Fsp3) is 0.500. The van der Waals surface area contributed by atoms with E-state index in [1.54, 1.807) is 11.9 Å². The van der Waals surface area contributed by atoms with Crippen LogP contribution < -0.4 is 15.2 Å². The molecule has 7 nitrogen and oxygen atoms in total. The van der Waals surface area contributed by atoms with Gasteiger partial charge < -0.3 is 4.90 Å². The third kappa shape index (κ3) is 5.61. The molecule has 2 aliphatic rings. The number of aromatic nitrogens is 3. The van der Waals surface area contributed by atoms with E-state index < -0.39 is 28.1 Å². The van der Waals surface area contributed by atoms with Gasteiger partial charge in [0.25, 0.3) is 6.43 Å². The number of alkyl halides is 2. The molecule has 1 aliphatic heterocycles. The summed E-state index contributed by atoms with van der Waals surface area (Å²) < 4.78 is 62.2. The Kier molecular flexibility index (Phi) is 8.51. The van der Waals surface area contributed by atoms with Crippen LogP contribution in [0.2, 0.25) is 0 Å². The van der Waals surface area contributed by atoms with Gasteiger partial charge in [-0.25, -0.2) is 23.1 Å². The molecule has 3 heterocycles. The van der Waals surface area contributed by atoms with Crippen molar-refractivity contribution in [2.24, 2.45) is 11.4 Å². The van der Waals surface area contributed by atoms with E-state index in [0.717, 1.165) is 18.9 Å². The number of rotatable bonds is 6. The first-order valence-corrected chi connectivity index (χ1v) is 14.3. The van der Waals surface area contributed by atoms with Crippen molar-refractivity contribution in [2.45, 2.75) is 45.7 Å². The van der Waals surface area contributed by atoms with Crippen LogP contribution in [0.3, 0.4) is 0 Å². The summed E-state index contributed by atoms with van der Waals surface area (Å²) in [4.78, 5) is 23.3. The van der Waals surface area contributed by atoms with Gasteiger partial charge in [0.2, 0.25) is 5.69 Å². The van der Waals surface area contributed by atoms with Crippen LogP contribution in [0.1, 0.15) is 44.2 Å². The Labute approximate surface area is 221 Å². The SMILES string of the molecule is CC.CN(Cc1cccc(C(F)F)c1F)c1ncnc2c1cc([N+]1(F)CCS(=NC3CC3)CC1)c(=O)n2C. The number of fused-ring (bicyclic) bond motifs is 1. The van der Waals surface area contributed by atoms with Crippen LogP contribution in [0, 0.1) is 5.82 Å². The van der Waals surface area contributed by atoms with Crippen LogP contribution >= 0.6 is 0 Å². The number of nitrogens with zero attached hydrogens (tertiary/aromatic N) is 6. The van der Waals surface area contributed by atoms with Gasteiger partial charge in [-0.2, -0.15) is 0 Å². The molecule has 38 heavy (non-hydrogen) atoms. The Morgan fingerprint density at radius 1 is 1.21 bits per heavy atom. The van der Waals surface area contributed by atoms with Crippen LogP contribution in [-0.4, -0.2) is 52.2 Å². The van der Waals surface area contributed by atoms with Crippen molar-refractivity contribution in [3.63, 3.8) is 0 Å². The molecule has 0 spiro atoms. The number of halogens is 4. The van der Waals surface area contributed by atoms with Gasteiger partial charge in [0.05, 0.1) is 28.5 Å². The lowest BCUT2D eigenvalue weighted by molar-refractivity contribution is 0.0438. The Bertz CT molecular complexity index is 1400. The minimum absolute atomic E-state index is 0.00463. The number of hydrogen-bond donors (Lipinski definition) is 0. The van der Waals surface area contributed by atoms with Crippen molar-refractivity contribution < 1.29 is 17.7 Å². The fourth-order valence-corrected chi connectivity index (χ4v) is 6.55. The highest BCUT2D eigenvalue weighted by atomic mass is 32.2. The molecule has 1 aromatic carbocycles. The Morgan fingerprint density at radius 3 is 2.53 bits per heavy atom. The zero-order valence-electron chi connectivity index (χ0n) is 22.0. The second kappa shape index (κ2) is 11.5. The summed E-state index contributed by atoms with van der Waals surface area (Å²) in [5.41, 5.74) is -0.776. The maximum Gasteiger partial charge on any atom is 0.316 e. The van der Waals surface area contributed by atoms with E-state index in [4.69, 9.17) is 4.36 Å². The molecule has 0 atom stereocenters. The molecule has 2 aromatic heterocycles. The molecule has 0 N–H and O–H groups in total. The minimum Gasteiger partial charge on any atom is -0.355 e. The third-order valence-electron chi connectivity index (χ3n) is 6.72. The number of hydrogen-bond acceptors (Lipinski definition) is 5. The lowest BCUT2D eigenvalue weighted by Gasteiger charge is -2.30. The van der Waals surface area contributed by atoms with Crippen molar-refractivity contribution in [1.82, 2.24) is 19.2 Å². The topological polar surface area (TPSA) is 63.4 Å². The highest BCUT2D eigenvalue weighted by molar-refractivity contribution is 7.87. The smallest absolute Gasteiger partial charge is 0.316 e. The number of quaternary nitrogens is 1. The average Bonchev–Trinajstić information content (AvgIpc) is 3.73. The van der Waals surface area contributed by atoms with E-state index >= 15 is 4.48 Å². The normalized spacial score (nSPS) is 21.2. The molecule has 1 saturated carbocycles. The van der Waals surface area contributed by atoms with Crippen molar-refractivity contribution in [1.29, 1.82) is 0 Å².